The van der Waals surface area contributed by atoms with Gasteiger partial charge in [-0.1, -0.05) is 262 Å². The molecule has 0 aromatic heterocycles. The van der Waals surface area contributed by atoms with Crippen LogP contribution in [0, 0.1) is 0 Å². The molecule has 0 aliphatic carbocycles. The third-order valence-electron chi connectivity index (χ3n) is 13.4. The predicted molar refractivity (Wildman–Crippen MR) is 295 cm³/mol. The lowest BCUT2D eigenvalue weighted by atomic mass is 10.0. The lowest BCUT2D eigenvalue weighted by Gasteiger charge is -2.25. The van der Waals surface area contributed by atoms with Crippen molar-refractivity contribution in [1.82, 2.24) is 5.32 Å². The molecule has 3 N–H and O–H groups in total. The molecule has 68 heavy (non-hydrogen) atoms. The van der Waals surface area contributed by atoms with Crippen molar-refractivity contribution in [2.45, 2.75) is 296 Å². The molecule has 0 rings (SSSR count). The first kappa shape index (κ1) is 66.7. The Morgan fingerprint density at radius 2 is 0.838 bits per heavy atom. The first-order valence-electron chi connectivity index (χ1n) is 29.4. The largest absolute Gasteiger partial charge is 0.472 e. The van der Waals surface area contributed by atoms with Gasteiger partial charge in [-0.25, -0.2) is 4.57 Å². The molecule has 0 saturated heterocycles. The zero-order valence-corrected chi connectivity index (χ0v) is 46.8. The second-order valence-electron chi connectivity index (χ2n) is 21.4. The first-order valence-corrected chi connectivity index (χ1v) is 30.9. The molecule has 0 spiro atoms. The van der Waals surface area contributed by atoms with Crippen molar-refractivity contribution < 1.29 is 32.9 Å². The summed E-state index contributed by atoms with van der Waals surface area (Å²) in [4.78, 5) is 23.3. The van der Waals surface area contributed by atoms with Crippen LogP contribution in [0.4, 0.5) is 0 Å². The molecular formula is C59H116N2O6P+. The number of unbranched alkanes of at least 4 members (excludes halogenated alkanes) is 37. The molecule has 3 atom stereocenters. The third kappa shape index (κ3) is 52.5. The Kier molecular flexibility index (Phi) is 49.7. The van der Waals surface area contributed by atoms with Gasteiger partial charge in [-0.15, -0.1) is 0 Å². The average Bonchev–Trinajstić information content (AvgIpc) is 3.30. The van der Waals surface area contributed by atoms with Crippen LogP contribution in [0.2, 0.25) is 0 Å². The fraction of sp³-hybridized carbons (Fsp3) is 0.881. The van der Waals surface area contributed by atoms with Crippen molar-refractivity contribution >= 4 is 13.7 Å². The second-order valence-corrected chi connectivity index (χ2v) is 22.8. The lowest BCUT2D eigenvalue weighted by Crippen LogP contribution is -2.45. The Bertz CT molecular complexity index is 1200. The van der Waals surface area contributed by atoms with Gasteiger partial charge in [-0.05, 0) is 51.4 Å². The number of nitrogens with zero attached hydrogens (tertiary/aromatic N) is 1. The SMILES string of the molecule is CCCCCCC/C=C\C/C=C\CCCCCCCCCCCCCC(=O)NC(COP(=O)(O)OCC[N+](C)(C)C)C(O)/C=C/CCCCCCCCCCCCCCCCCCCCCCC. The quantitative estimate of drug-likeness (QED) is 0.0243. The standard InChI is InChI=1S/C59H115N2O6P/c1-6-8-10-12-14-16-18-20-22-24-26-28-30-32-34-36-38-40-42-44-46-48-50-52-58(62)57(56-67-68(64,65)66-55-54-61(3,4)5)60-59(63)53-51-49-47-45-43-41-39-37-35-33-31-29-27-25-23-21-19-17-15-13-11-9-7-2/h19,21,25,27,50,52,57-58,62H,6-18,20,22-24,26,28-49,51,53-56H2,1-5H3,(H-,60,63,64,65)/p+1/b21-19-,27-25-,52-50+. The second kappa shape index (κ2) is 50.7. The van der Waals surface area contributed by atoms with E-state index in [4.69, 9.17) is 9.05 Å². The van der Waals surface area contributed by atoms with E-state index < -0.39 is 20.0 Å². The van der Waals surface area contributed by atoms with Crippen LogP contribution in [0.1, 0.15) is 284 Å². The zero-order valence-electron chi connectivity index (χ0n) is 45.9. The van der Waals surface area contributed by atoms with Crippen LogP contribution in [-0.4, -0.2) is 73.4 Å². The number of rotatable bonds is 54. The van der Waals surface area contributed by atoms with Crippen LogP contribution < -0.4 is 5.32 Å². The number of allylic oxidation sites excluding steroid dienone is 5. The summed E-state index contributed by atoms with van der Waals surface area (Å²) in [5.41, 5.74) is 0. The number of nitrogens with one attached hydrogen (secondary N) is 1. The molecule has 402 valence electrons. The van der Waals surface area contributed by atoms with Gasteiger partial charge < -0.3 is 19.8 Å². The van der Waals surface area contributed by atoms with Gasteiger partial charge in [0.05, 0.1) is 39.9 Å². The summed E-state index contributed by atoms with van der Waals surface area (Å²) < 4.78 is 23.7. The van der Waals surface area contributed by atoms with E-state index in [-0.39, 0.29) is 19.1 Å². The van der Waals surface area contributed by atoms with Crippen molar-refractivity contribution in [3.05, 3.63) is 36.5 Å². The number of phosphoric ester groups is 1. The predicted octanol–water partition coefficient (Wildman–Crippen LogP) is 17.8. The van der Waals surface area contributed by atoms with Crippen molar-refractivity contribution in [3.63, 3.8) is 0 Å². The van der Waals surface area contributed by atoms with Gasteiger partial charge >= 0.3 is 7.82 Å². The van der Waals surface area contributed by atoms with Gasteiger partial charge in [0.15, 0.2) is 0 Å². The van der Waals surface area contributed by atoms with Crippen LogP contribution in [0.25, 0.3) is 0 Å². The molecule has 0 aliphatic heterocycles. The minimum absolute atomic E-state index is 0.0618. The number of phosphoric acid groups is 1. The Morgan fingerprint density at radius 3 is 1.21 bits per heavy atom. The highest BCUT2D eigenvalue weighted by Crippen LogP contribution is 2.43. The number of aliphatic hydroxyl groups excluding tert-OH is 1. The van der Waals surface area contributed by atoms with Crippen LogP contribution in [0.5, 0.6) is 0 Å². The van der Waals surface area contributed by atoms with Crippen LogP contribution in [0.3, 0.4) is 0 Å². The molecule has 0 aliphatic rings. The summed E-state index contributed by atoms with van der Waals surface area (Å²) in [6.07, 6.45) is 65.2. The fourth-order valence-electron chi connectivity index (χ4n) is 8.72. The Morgan fingerprint density at radius 1 is 0.500 bits per heavy atom. The van der Waals surface area contributed by atoms with E-state index in [0.29, 0.717) is 17.4 Å². The molecule has 8 nitrogen and oxygen atoms in total. The van der Waals surface area contributed by atoms with Gasteiger partial charge in [-0.3, -0.25) is 13.8 Å². The van der Waals surface area contributed by atoms with E-state index in [2.05, 4.69) is 43.5 Å². The molecule has 0 saturated carbocycles. The van der Waals surface area contributed by atoms with Gasteiger partial charge in [-0.2, -0.15) is 0 Å². The minimum atomic E-state index is -4.35. The summed E-state index contributed by atoms with van der Waals surface area (Å²) >= 11 is 0. The molecule has 0 radical (unpaired) electrons. The third-order valence-corrected chi connectivity index (χ3v) is 14.3. The lowest BCUT2D eigenvalue weighted by molar-refractivity contribution is -0.870. The number of carbonyl (C=O) groups is 1. The van der Waals surface area contributed by atoms with Gasteiger partial charge in [0.25, 0.3) is 0 Å². The normalized spacial score (nSPS) is 14.2. The van der Waals surface area contributed by atoms with E-state index in [0.717, 1.165) is 44.9 Å². The van der Waals surface area contributed by atoms with Crippen molar-refractivity contribution in [2.24, 2.45) is 0 Å². The highest BCUT2D eigenvalue weighted by atomic mass is 31.2. The molecule has 0 aromatic carbocycles. The van der Waals surface area contributed by atoms with Crippen LogP contribution in [-0.2, 0) is 18.4 Å². The maximum atomic E-state index is 13.0. The Balaban J connectivity index is 4.21. The van der Waals surface area contributed by atoms with Gasteiger partial charge in [0, 0.05) is 6.42 Å². The van der Waals surface area contributed by atoms with E-state index in [9.17, 15) is 19.4 Å². The monoisotopic (exact) mass is 980 g/mol. The molecule has 1 amide bonds. The summed E-state index contributed by atoms with van der Waals surface area (Å²) in [5, 5.41) is 14.0. The topological polar surface area (TPSA) is 105 Å². The molecule has 0 fully saturated rings. The van der Waals surface area contributed by atoms with Crippen LogP contribution >= 0.6 is 7.82 Å². The number of aliphatic hydroxyl groups is 1. The number of quaternary nitrogens is 1. The zero-order chi connectivity index (χ0) is 49.9. The molecule has 0 heterocycles. The summed E-state index contributed by atoms with van der Waals surface area (Å²) in [7, 11) is 1.58. The van der Waals surface area contributed by atoms with Crippen molar-refractivity contribution in [3.8, 4) is 0 Å². The highest BCUT2D eigenvalue weighted by molar-refractivity contribution is 7.47. The molecule has 9 heteroatoms. The van der Waals surface area contributed by atoms with Gasteiger partial charge in [0.1, 0.15) is 13.2 Å². The molecular weight excluding hydrogens is 864 g/mol. The van der Waals surface area contributed by atoms with E-state index in [1.165, 1.54) is 218 Å². The highest BCUT2D eigenvalue weighted by Gasteiger charge is 2.27. The maximum absolute atomic E-state index is 13.0. The minimum Gasteiger partial charge on any atom is -0.387 e. The summed E-state index contributed by atoms with van der Waals surface area (Å²) in [5.74, 6) is -0.176. The molecule has 0 bridgehead atoms. The van der Waals surface area contributed by atoms with Gasteiger partial charge in [0.2, 0.25) is 5.91 Å². The number of hydrogen-bond donors (Lipinski definition) is 3. The maximum Gasteiger partial charge on any atom is 0.472 e. The van der Waals surface area contributed by atoms with Crippen LogP contribution in [0.15, 0.2) is 36.5 Å². The number of carbonyl (C=O) groups excluding carboxylic acids is 1. The smallest absolute Gasteiger partial charge is 0.387 e. The van der Waals surface area contributed by atoms with E-state index in [1.807, 2.05) is 27.2 Å². The first-order chi connectivity index (χ1) is 33.0. The fourth-order valence-corrected chi connectivity index (χ4v) is 9.46. The van der Waals surface area contributed by atoms with E-state index in [1.54, 1.807) is 6.08 Å². The van der Waals surface area contributed by atoms with Crippen molar-refractivity contribution in [2.75, 3.05) is 40.9 Å². The molecule has 0 aromatic rings. The van der Waals surface area contributed by atoms with Crippen molar-refractivity contribution in [1.29, 1.82) is 0 Å². The average molecular weight is 981 g/mol. The molecule has 3 unspecified atom stereocenters. The van der Waals surface area contributed by atoms with E-state index >= 15 is 0 Å². The number of hydrogen-bond acceptors (Lipinski definition) is 5. The number of amides is 1. The Labute approximate surface area is 423 Å². The Hall–Kier alpha value is -1.28. The summed E-state index contributed by atoms with van der Waals surface area (Å²) in [6.45, 7) is 4.84. The summed E-state index contributed by atoms with van der Waals surface area (Å²) in [6, 6.07) is -0.848. The number of likely N-dealkylation sites (N-methyl/N-ethyl adjacent to an activating group) is 1.